The van der Waals surface area contributed by atoms with Gasteiger partial charge in [-0.1, -0.05) is 11.8 Å². The van der Waals surface area contributed by atoms with Gasteiger partial charge in [-0.2, -0.15) is 5.10 Å². The number of thioether (sulfide) groups is 1. The number of benzene rings is 1. The Labute approximate surface area is 147 Å². The first-order chi connectivity index (χ1) is 12.0. The monoisotopic (exact) mass is 360 g/mol. The summed E-state index contributed by atoms with van der Waals surface area (Å²) in [4.78, 5) is 30.9. The summed E-state index contributed by atoms with van der Waals surface area (Å²) in [7, 11) is 2.91. The quantitative estimate of drug-likeness (QED) is 0.420. The van der Waals surface area contributed by atoms with Gasteiger partial charge in [-0.05, 0) is 31.2 Å². The van der Waals surface area contributed by atoms with Crippen molar-refractivity contribution in [3.05, 3.63) is 40.8 Å². The summed E-state index contributed by atoms with van der Waals surface area (Å²) in [6.07, 6.45) is 1.46. The van der Waals surface area contributed by atoms with Crippen LogP contribution in [0.4, 0.5) is 0 Å². The molecule has 2 aromatic heterocycles. The molecule has 0 fully saturated rings. The second-order valence-corrected chi connectivity index (χ2v) is 6.48. The Bertz CT molecular complexity index is 964. The van der Waals surface area contributed by atoms with Crippen LogP contribution in [0, 0.1) is 0 Å². The standard InChI is InChI=1S/C16H16N4O4S/c1-9(15(22)24-3)25-16-18-13-12(14(21)19-16)8-17-20(13)10-4-6-11(23-2)7-5-10/h4-9H,1-3H3,(H,18,19,21). The molecule has 130 valence electrons. The van der Waals surface area contributed by atoms with Gasteiger partial charge in [0, 0.05) is 0 Å². The van der Waals surface area contributed by atoms with Gasteiger partial charge in [0.05, 0.1) is 26.1 Å². The van der Waals surface area contributed by atoms with Crippen LogP contribution in [-0.2, 0) is 9.53 Å². The van der Waals surface area contributed by atoms with Gasteiger partial charge >= 0.3 is 5.97 Å². The van der Waals surface area contributed by atoms with Crippen molar-refractivity contribution >= 4 is 28.8 Å². The van der Waals surface area contributed by atoms with E-state index in [2.05, 4.69) is 15.1 Å². The second-order valence-electron chi connectivity index (χ2n) is 5.15. The molecule has 1 N–H and O–H groups in total. The molecule has 0 aliphatic carbocycles. The summed E-state index contributed by atoms with van der Waals surface area (Å²) >= 11 is 1.12. The summed E-state index contributed by atoms with van der Waals surface area (Å²) in [5, 5.41) is 4.44. The van der Waals surface area contributed by atoms with Crippen LogP contribution >= 0.6 is 11.8 Å². The summed E-state index contributed by atoms with van der Waals surface area (Å²) < 4.78 is 11.4. The van der Waals surface area contributed by atoms with Crippen LogP contribution in [0.1, 0.15) is 6.92 Å². The van der Waals surface area contributed by atoms with Crippen molar-refractivity contribution in [1.82, 2.24) is 19.7 Å². The molecular weight excluding hydrogens is 344 g/mol. The molecule has 2 heterocycles. The number of methoxy groups -OCH3 is 2. The molecule has 8 nitrogen and oxygen atoms in total. The number of H-pyrrole nitrogens is 1. The van der Waals surface area contributed by atoms with Crippen LogP contribution in [0.5, 0.6) is 5.75 Å². The topological polar surface area (TPSA) is 99.1 Å². The molecule has 0 bridgehead atoms. The minimum Gasteiger partial charge on any atom is -0.497 e. The van der Waals surface area contributed by atoms with Gasteiger partial charge in [-0.3, -0.25) is 9.59 Å². The molecule has 0 spiro atoms. The lowest BCUT2D eigenvalue weighted by atomic mass is 10.3. The normalized spacial score (nSPS) is 12.1. The number of carbonyl (C=O) groups is 1. The van der Waals surface area contributed by atoms with Gasteiger partial charge in [0.15, 0.2) is 10.8 Å². The van der Waals surface area contributed by atoms with E-state index in [1.54, 1.807) is 30.8 Å². The van der Waals surface area contributed by atoms with Crippen molar-refractivity contribution in [3.63, 3.8) is 0 Å². The maximum Gasteiger partial charge on any atom is 0.318 e. The van der Waals surface area contributed by atoms with Crippen molar-refractivity contribution in [2.45, 2.75) is 17.3 Å². The number of carbonyl (C=O) groups excluding carboxylic acids is 1. The Balaban J connectivity index is 2.03. The summed E-state index contributed by atoms with van der Waals surface area (Å²) in [6.45, 7) is 1.68. The van der Waals surface area contributed by atoms with Gasteiger partial charge in [-0.15, -0.1) is 0 Å². The largest absolute Gasteiger partial charge is 0.497 e. The van der Waals surface area contributed by atoms with Crippen LogP contribution < -0.4 is 10.3 Å². The maximum absolute atomic E-state index is 12.3. The fraction of sp³-hybridized carbons (Fsp3) is 0.250. The number of esters is 1. The third kappa shape index (κ3) is 3.36. The Morgan fingerprint density at radius 1 is 1.28 bits per heavy atom. The van der Waals surface area contributed by atoms with E-state index in [0.717, 1.165) is 17.4 Å². The van der Waals surface area contributed by atoms with E-state index in [0.29, 0.717) is 21.9 Å². The number of rotatable bonds is 5. The van der Waals surface area contributed by atoms with E-state index < -0.39 is 11.2 Å². The summed E-state index contributed by atoms with van der Waals surface area (Å²) in [5.74, 6) is 0.325. The fourth-order valence-corrected chi connectivity index (χ4v) is 3.07. The zero-order valence-electron chi connectivity index (χ0n) is 13.8. The number of aromatic nitrogens is 4. The predicted octanol–water partition coefficient (Wildman–Crippen LogP) is 1.77. The van der Waals surface area contributed by atoms with Gasteiger partial charge < -0.3 is 14.5 Å². The molecule has 1 aromatic carbocycles. The molecule has 0 aliphatic heterocycles. The SMILES string of the molecule is COC(=O)C(C)Sc1nc2c(cnn2-c2ccc(OC)cc2)c(=O)[nH]1. The van der Waals surface area contributed by atoms with Crippen molar-refractivity contribution in [1.29, 1.82) is 0 Å². The first kappa shape index (κ1) is 17.0. The molecule has 1 atom stereocenters. The van der Waals surface area contributed by atoms with E-state index in [4.69, 9.17) is 9.47 Å². The van der Waals surface area contributed by atoms with Crippen LogP contribution in [0.25, 0.3) is 16.7 Å². The number of fused-ring (bicyclic) bond motifs is 1. The summed E-state index contributed by atoms with van der Waals surface area (Å²) in [5.41, 5.74) is 0.837. The number of hydrogen-bond acceptors (Lipinski definition) is 7. The Hall–Kier alpha value is -2.81. The van der Waals surface area contributed by atoms with Gasteiger partial charge in [-0.25, -0.2) is 9.67 Å². The fourth-order valence-electron chi connectivity index (χ4n) is 2.25. The Kier molecular flexibility index (Phi) is 4.75. The first-order valence-electron chi connectivity index (χ1n) is 7.40. The number of ether oxygens (including phenoxy) is 2. The molecule has 0 amide bonds. The lowest BCUT2D eigenvalue weighted by molar-refractivity contribution is -0.139. The molecule has 25 heavy (non-hydrogen) atoms. The molecular formula is C16H16N4O4S. The minimum absolute atomic E-state index is 0.315. The highest BCUT2D eigenvalue weighted by Gasteiger charge is 2.18. The lowest BCUT2D eigenvalue weighted by Crippen LogP contribution is -2.17. The van der Waals surface area contributed by atoms with Crippen molar-refractivity contribution < 1.29 is 14.3 Å². The van der Waals surface area contributed by atoms with Gasteiger partial charge in [0.25, 0.3) is 5.56 Å². The molecule has 0 aliphatic rings. The third-order valence-corrected chi connectivity index (χ3v) is 4.52. The number of aromatic amines is 1. The second kappa shape index (κ2) is 6.98. The lowest BCUT2D eigenvalue weighted by Gasteiger charge is -2.08. The molecule has 3 rings (SSSR count). The average Bonchev–Trinajstić information content (AvgIpc) is 3.05. The number of nitrogens with zero attached hydrogens (tertiary/aromatic N) is 3. The van der Waals surface area contributed by atoms with Crippen LogP contribution in [0.15, 0.2) is 40.4 Å². The Morgan fingerprint density at radius 2 is 2.00 bits per heavy atom. The molecule has 3 aromatic rings. The van der Waals surface area contributed by atoms with E-state index in [-0.39, 0.29) is 5.56 Å². The smallest absolute Gasteiger partial charge is 0.318 e. The summed E-state index contributed by atoms with van der Waals surface area (Å²) in [6, 6.07) is 7.23. The average molecular weight is 360 g/mol. The molecule has 0 saturated carbocycles. The minimum atomic E-state index is -0.497. The zero-order valence-corrected chi connectivity index (χ0v) is 14.7. The van der Waals surface area contributed by atoms with Crippen molar-refractivity contribution in [3.8, 4) is 11.4 Å². The van der Waals surface area contributed by atoms with E-state index >= 15 is 0 Å². The van der Waals surface area contributed by atoms with Crippen LogP contribution in [0.3, 0.4) is 0 Å². The van der Waals surface area contributed by atoms with Crippen molar-refractivity contribution in [2.24, 2.45) is 0 Å². The predicted molar refractivity (Wildman–Crippen MR) is 93.4 cm³/mol. The van der Waals surface area contributed by atoms with Gasteiger partial charge in [0.2, 0.25) is 0 Å². The van der Waals surface area contributed by atoms with E-state index in [1.807, 2.05) is 12.1 Å². The maximum atomic E-state index is 12.3. The van der Waals surface area contributed by atoms with Crippen LogP contribution in [0.2, 0.25) is 0 Å². The van der Waals surface area contributed by atoms with Gasteiger partial charge in [0.1, 0.15) is 16.4 Å². The molecule has 1 unspecified atom stereocenters. The highest BCUT2D eigenvalue weighted by Crippen LogP contribution is 2.22. The Morgan fingerprint density at radius 3 is 2.64 bits per heavy atom. The highest BCUT2D eigenvalue weighted by molar-refractivity contribution is 8.00. The highest BCUT2D eigenvalue weighted by atomic mass is 32.2. The molecule has 0 saturated heterocycles. The molecule has 0 radical (unpaired) electrons. The van der Waals surface area contributed by atoms with E-state index in [1.165, 1.54) is 13.3 Å². The molecule has 9 heteroatoms. The number of hydrogen-bond donors (Lipinski definition) is 1. The van der Waals surface area contributed by atoms with Crippen LogP contribution in [-0.4, -0.2) is 45.2 Å². The van der Waals surface area contributed by atoms with E-state index in [9.17, 15) is 9.59 Å². The number of nitrogens with one attached hydrogen (secondary N) is 1. The third-order valence-electron chi connectivity index (χ3n) is 3.55. The zero-order chi connectivity index (χ0) is 18.0. The first-order valence-corrected chi connectivity index (χ1v) is 8.28. The van der Waals surface area contributed by atoms with Crippen molar-refractivity contribution in [2.75, 3.05) is 14.2 Å².